The lowest BCUT2D eigenvalue weighted by atomic mass is 10.2. The molecule has 0 spiro atoms. The summed E-state index contributed by atoms with van der Waals surface area (Å²) in [4.78, 5) is 11.1. The van der Waals surface area contributed by atoms with E-state index in [0.717, 1.165) is 19.3 Å². The zero-order valence-corrected chi connectivity index (χ0v) is 19.3. The summed E-state index contributed by atoms with van der Waals surface area (Å²) in [5, 5.41) is 16.1. The third-order valence-corrected chi connectivity index (χ3v) is 10.2. The summed E-state index contributed by atoms with van der Waals surface area (Å²) < 4.78 is 19.5. The van der Waals surface area contributed by atoms with Gasteiger partial charge in [-0.15, -0.1) is 0 Å². The predicted octanol–water partition coefficient (Wildman–Crippen LogP) is 4.84. The maximum Gasteiger partial charge on any atom is 0.353 e. The number of aromatic nitrogens is 2. The van der Waals surface area contributed by atoms with Gasteiger partial charge in [-0.25, -0.2) is 0 Å². The monoisotopic (exact) mass is 413 g/mol. The molecule has 0 saturated carbocycles. The third kappa shape index (κ3) is 5.33. The molecule has 1 aromatic rings. The summed E-state index contributed by atoms with van der Waals surface area (Å²) in [6.07, 6.45) is 2.47. The van der Waals surface area contributed by atoms with Crippen LogP contribution in [0.25, 0.3) is 0 Å². The van der Waals surface area contributed by atoms with E-state index in [1.54, 1.807) is 11.6 Å². The molecule has 2 atom stereocenters. The fourth-order valence-electron chi connectivity index (χ4n) is 2.81. The minimum Gasteiger partial charge on any atom is -0.473 e. The summed E-state index contributed by atoms with van der Waals surface area (Å²) in [6, 6.07) is 0. The number of hydrogen-bond donors (Lipinski definition) is 0. The molecule has 1 saturated heterocycles. The van der Waals surface area contributed by atoms with Gasteiger partial charge in [0.25, 0.3) is 5.88 Å². The molecular formula is C19H35N3O5Si. The number of rotatable bonds is 8. The zero-order valence-electron chi connectivity index (χ0n) is 18.3. The Morgan fingerprint density at radius 3 is 2.57 bits per heavy atom. The summed E-state index contributed by atoms with van der Waals surface area (Å²) in [7, 11) is -1.84. The van der Waals surface area contributed by atoms with E-state index in [-0.39, 0.29) is 28.8 Å². The summed E-state index contributed by atoms with van der Waals surface area (Å²) >= 11 is 0. The van der Waals surface area contributed by atoms with Gasteiger partial charge in [0.05, 0.1) is 11.5 Å². The number of nitro groups is 1. The van der Waals surface area contributed by atoms with Gasteiger partial charge in [-0.1, -0.05) is 27.7 Å². The van der Waals surface area contributed by atoms with E-state index in [9.17, 15) is 10.1 Å². The van der Waals surface area contributed by atoms with Crippen molar-refractivity contribution < 1.29 is 18.8 Å². The number of hydrogen-bond acceptors (Lipinski definition) is 6. The standard InChI is InChI=1S/C19H35N3O5Si/c1-14(13-27-28(6,7)19(3,4)5)12-26-18-17(22(23)24)15(2)20-21(18)16-10-8-9-11-25-16/h14,16H,8-13H2,1-7H3/t14-,16?/m0/s1. The van der Waals surface area contributed by atoms with Gasteiger partial charge in [0.1, 0.15) is 5.69 Å². The molecule has 1 aliphatic rings. The van der Waals surface area contributed by atoms with Gasteiger partial charge < -0.3 is 13.9 Å². The molecule has 1 aliphatic heterocycles. The highest BCUT2D eigenvalue weighted by Crippen LogP contribution is 2.38. The minimum absolute atomic E-state index is 0.0771. The Bertz CT molecular complexity index is 678. The third-order valence-electron chi connectivity index (χ3n) is 5.66. The van der Waals surface area contributed by atoms with E-state index < -0.39 is 13.2 Å². The van der Waals surface area contributed by atoms with Crippen LogP contribution in [0.15, 0.2) is 0 Å². The van der Waals surface area contributed by atoms with Gasteiger partial charge in [0.15, 0.2) is 14.5 Å². The number of aryl methyl sites for hydroxylation is 1. The van der Waals surface area contributed by atoms with E-state index in [0.29, 0.717) is 25.5 Å². The van der Waals surface area contributed by atoms with E-state index in [1.807, 2.05) is 6.92 Å². The molecule has 28 heavy (non-hydrogen) atoms. The largest absolute Gasteiger partial charge is 0.473 e. The molecule has 0 bridgehead atoms. The SMILES string of the molecule is Cc1nn(C2CCCCO2)c(OC[C@H](C)CO[Si](C)(C)C(C)(C)C)c1[N+](=O)[O-]. The summed E-state index contributed by atoms with van der Waals surface area (Å²) in [6.45, 7) is 16.2. The lowest BCUT2D eigenvalue weighted by Crippen LogP contribution is -2.42. The smallest absolute Gasteiger partial charge is 0.353 e. The van der Waals surface area contributed by atoms with Crippen molar-refractivity contribution in [1.29, 1.82) is 0 Å². The van der Waals surface area contributed by atoms with Crippen molar-refractivity contribution in [3.05, 3.63) is 15.8 Å². The Balaban J connectivity index is 2.08. The lowest BCUT2D eigenvalue weighted by Gasteiger charge is -2.37. The van der Waals surface area contributed by atoms with Crippen molar-refractivity contribution in [2.24, 2.45) is 5.92 Å². The summed E-state index contributed by atoms with van der Waals surface area (Å²) in [5.74, 6) is 0.290. The molecule has 1 aromatic heterocycles. The maximum absolute atomic E-state index is 11.6. The lowest BCUT2D eigenvalue weighted by molar-refractivity contribution is -0.386. The van der Waals surface area contributed by atoms with Crippen LogP contribution in [0, 0.1) is 23.0 Å². The maximum atomic E-state index is 11.6. The Kier molecular flexibility index (Phi) is 7.27. The minimum atomic E-state index is -1.84. The van der Waals surface area contributed by atoms with E-state index in [2.05, 4.69) is 39.0 Å². The Morgan fingerprint density at radius 2 is 2.04 bits per heavy atom. The first-order valence-electron chi connectivity index (χ1n) is 10.1. The van der Waals surface area contributed by atoms with Crippen molar-refractivity contribution in [3.8, 4) is 5.88 Å². The van der Waals surface area contributed by atoms with Crippen LogP contribution in [0.1, 0.15) is 58.9 Å². The van der Waals surface area contributed by atoms with E-state index in [1.165, 1.54) is 0 Å². The van der Waals surface area contributed by atoms with Crippen LogP contribution in [-0.2, 0) is 9.16 Å². The molecule has 1 unspecified atom stereocenters. The zero-order chi connectivity index (χ0) is 21.1. The average Bonchev–Trinajstić information content (AvgIpc) is 2.94. The van der Waals surface area contributed by atoms with Crippen molar-refractivity contribution >= 4 is 14.0 Å². The van der Waals surface area contributed by atoms with Crippen LogP contribution in [0.4, 0.5) is 5.69 Å². The van der Waals surface area contributed by atoms with Crippen molar-refractivity contribution in [2.75, 3.05) is 19.8 Å². The van der Waals surface area contributed by atoms with Gasteiger partial charge >= 0.3 is 5.69 Å². The predicted molar refractivity (Wildman–Crippen MR) is 110 cm³/mol. The van der Waals surface area contributed by atoms with Gasteiger partial charge in [0, 0.05) is 19.1 Å². The highest BCUT2D eigenvalue weighted by Gasteiger charge is 2.37. The molecule has 2 rings (SSSR count). The fourth-order valence-corrected chi connectivity index (χ4v) is 3.94. The van der Waals surface area contributed by atoms with Gasteiger partial charge in [0.2, 0.25) is 0 Å². The molecule has 160 valence electrons. The summed E-state index contributed by atoms with van der Waals surface area (Å²) in [5.41, 5.74) is 0.269. The second-order valence-corrected chi connectivity index (χ2v) is 14.1. The average molecular weight is 414 g/mol. The molecular weight excluding hydrogens is 378 g/mol. The molecule has 0 radical (unpaired) electrons. The topological polar surface area (TPSA) is 88.7 Å². The van der Waals surface area contributed by atoms with Gasteiger partial charge in [-0.3, -0.25) is 10.1 Å². The fraction of sp³-hybridized carbons (Fsp3) is 0.842. The molecule has 1 fully saturated rings. The number of nitrogens with zero attached hydrogens (tertiary/aromatic N) is 3. The van der Waals surface area contributed by atoms with Crippen molar-refractivity contribution in [2.45, 2.75) is 78.2 Å². The van der Waals surface area contributed by atoms with Crippen LogP contribution in [-0.4, -0.2) is 42.8 Å². The highest BCUT2D eigenvalue weighted by atomic mass is 28.4. The normalized spacial score (nSPS) is 19.5. The van der Waals surface area contributed by atoms with Crippen LogP contribution in [0.3, 0.4) is 0 Å². The van der Waals surface area contributed by atoms with Crippen LogP contribution in [0.5, 0.6) is 5.88 Å². The van der Waals surface area contributed by atoms with Gasteiger partial charge in [-0.05, 0) is 44.3 Å². The Labute approximate surface area is 168 Å². The van der Waals surface area contributed by atoms with Crippen LogP contribution in [0.2, 0.25) is 18.1 Å². The second kappa shape index (κ2) is 8.92. The van der Waals surface area contributed by atoms with Gasteiger partial charge in [-0.2, -0.15) is 9.78 Å². The van der Waals surface area contributed by atoms with Crippen LogP contribution >= 0.6 is 0 Å². The van der Waals surface area contributed by atoms with Crippen molar-refractivity contribution in [1.82, 2.24) is 9.78 Å². The van der Waals surface area contributed by atoms with E-state index >= 15 is 0 Å². The molecule has 8 nitrogen and oxygen atoms in total. The molecule has 2 heterocycles. The first-order valence-corrected chi connectivity index (χ1v) is 13.0. The quantitative estimate of drug-likeness (QED) is 0.344. The first kappa shape index (κ1) is 22.8. The molecule has 0 aromatic carbocycles. The second-order valence-electron chi connectivity index (χ2n) is 9.25. The molecule has 9 heteroatoms. The van der Waals surface area contributed by atoms with Crippen LogP contribution < -0.4 is 4.74 Å². The van der Waals surface area contributed by atoms with Crippen molar-refractivity contribution in [3.63, 3.8) is 0 Å². The molecule has 0 amide bonds. The molecule has 0 aliphatic carbocycles. The Morgan fingerprint density at radius 1 is 1.36 bits per heavy atom. The number of ether oxygens (including phenoxy) is 2. The highest BCUT2D eigenvalue weighted by molar-refractivity contribution is 6.74. The first-order chi connectivity index (χ1) is 12.9. The Hall–Kier alpha value is -1.45. The molecule has 0 N–H and O–H groups in total. The van der Waals surface area contributed by atoms with E-state index in [4.69, 9.17) is 13.9 Å².